The number of nitrogens with zero attached hydrogens (tertiary/aromatic N) is 2. The van der Waals surface area contributed by atoms with Crippen LogP contribution in [0.5, 0.6) is 5.75 Å². The molecule has 21 heavy (non-hydrogen) atoms. The molecule has 0 atom stereocenters. The van der Waals surface area contributed by atoms with Gasteiger partial charge in [0, 0.05) is 6.42 Å². The Bertz CT molecular complexity index is 611. The zero-order valence-electron chi connectivity index (χ0n) is 11.1. The van der Waals surface area contributed by atoms with Crippen molar-refractivity contribution >= 4 is 0 Å². The lowest BCUT2D eigenvalue weighted by Gasteiger charge is -2.14. The van der Waals surface area contributed by atoms with Crippen LogP contribution in [0.1, 0.15) is 29.8 Å². The third kappa shape index (κ3) is 3.72. The van der Waals surface area contributed by atoms with Crippen molar-refractivity contribution in [1.82, 2.24) is 10.1 Å². The molecule has 0 aliphatic carbocycles. The second kappa shape index (κ2) is 6.13. The summed E-state index contributed by atoms with van der Waals surface area (Å²) >= 11 is 0. The third-order valence-electron chi connectivity index (χ3n) is 2.70. The van der Waals surface area contributed by atoms with E-state index < -0.39 is 18.3 Å². The standard InChI is InChI=1S/C13H13F3N2O3/c1-2-12-17-11(18-21-12)7-20-10-4-3-8(6-19)5-9(10)13(14,15)16/h3-5,19H,2,6-7H2,1H3. The fourth-order valence-electron chi connectivity index (χ4n) is 1.66. The van der Waals surface area contributed by atoms with E-state index in [4.69, 9.17) is 14.4 Å². The molecule has 2 aromatic rings. The number of hydrogen-bond acceptors (Lipinski definition) is 5. The molecule has 0 fully saturated rings. The summed E-state index contributed by atoms with van der Waals surface area (Å²) in [5.41, 5.74) is -0.796. The number of aryl methyl sites for hydroxylation is 1. The lowest BCUT2D eigenvalue weighted by atomic mass is 10.1. The molecule has 114 valence electrons. The molecular weight excluding hydrogens is 289 g/mol. The summed E-state index contributed by atoms with van der Waals surface area (Å²) in [6.07, 6.45) is -4.04. The van der Waals surface area contributed by atoms with Crippen LogP contribution in [0.15, 0.2) is 22.7 Å². The van der Waals surface area contributed by atoms with E-state index in [1.165, 1.54) is 6.07 Å². The number of halogens is 3. The largest absolute Gasteiger partial charge is 0.485 e. The Morgan fingerprint density at radius 1 is 1.33 bits per heavy atom. The number of ether oxygens (including phenoxy) is 1. The van der Waals surface area contributed by atoms with Crippen molar-refractivity contribution in [2.24, 2.45) is 0 Å². The lowest BCUT2D eigenvalue weighted by Crippen LogP contribution is -2.10. The van der Waals surface area contributed by atoms with E-state index in [-0.39, 0.29) is 23.7 Å². The van der Waals surface area contributed by atoms with Crippen molar-refractivity contribution in [2.75, 3.05) is 0 Å². The maximum Gasteiger partial charge on any atom is 0.419 e. The Hall–Kier alpha value is -2.09. The van der Waals surface area contributed by atoms with E-state index in [1.54, 1.807) is 0 Å². The molecule has 1 N–H and O–H groups in total. The lowest BCUT2D eigenvalue weighted by molar-refractivity contribution is -0.139. The molecule has 8 heteroatoms. The number of rotatable bonds is 5. The second-order valence-corrected chi connectivity index (χ2v) is 4.23. The minimum absolute atomic E-state index is 0.155. The Labute approximate surface area is 118 Å². The zero-order valence-corrected chi connectivity index (χ0v) is 11.1. The molecule has 2 rings (SSSR count). The number of benzene rings is 1. The number of aliphatic hydroxyl groups excluding tert-OH is 1. The van der Waals surface area contributed by atoms with Crippen LogP contribution in [0.25, 0.3) is 0 Å². The van der Waals surface area contributed by atoms with Crippen LogP contribution in [0.2, 0.25) is 0 Å². The van der Waals surface area contributed by atoms with Gasteiger partial charge in [0.1, 0.15) is 5.75 Å². The summed E-state index contributed by atoms with van der Waals surface area (Å²) in [7, 11) is 0. The Morgan fingerprint density at radius 2 is 2.10 bits per heavy atom. The molecule has 5 nitrogen and oxygen atoms in total. The SMILES string of the molecule is CCc1nc(COc2ccc(CO)cc2C(F)(F)F)no1. The van der Waals surface area contributed by atoms with Gasteiger partial charge in [-0.1, -0.05) is 18.1 Å². The van der Waals surface area contributed by atoms with Gasteiger partial charge in [0.05, 0.1) is 12.2 Å². The minimum Gasteiger partial charge on any atom is -0.485 e. The first-order valence-corrected chi connectivity index (χ1v) is 6.19. The topological polar surface area (TPSA) is 68.4 Å². The number of hydrogen-bond donors (Lipinski definition) is 1. The summed E-state index contributed by atoms with van der Waals surface area (Å²) in [6.45, 7) is 1.10. The molecule has 0 saturated heterocycles. The number of aliphatic hydroxyl groups is 1. The van der Waals surface area contributed by atoms with Crippen LogP contribution in [0, 0.1) is 0 Å². The molecular formula is C13H13F3N2O3. The van der Waals surface area contributed by atoms with Crippen LogP contribution >= 0.6 is 0 Å². The van der Waals surface area contributed by atoms with Gasteiger partial charge in [0.2, 0.25) is 11.7 Å². The van der Waals surface area contributed by atoms with Crippen molar-refractivity contribution in [2.45, 2.75) is 32.7 Å². The highest BCUT2D eigenvalue weighted by atomic mass is 19.4. The maximum absolute atomic E-state index is 12.9. The predicted molar refractivity (Wildman–Crippen MR) is 65.4 cm³/mol. The van der Waals surface area contributed by atoms with E-state index in [2.05, 4.69) is 10.1 Å². The van der Waals surface area contributed by atoms with Gasteiger partial charge in [-0.25, -0.2) is 0 Å². The van der Waals surface area contributed by atoms with Crippen molar-refractivity contribution in [3.05, 3.63) is 41.0 Å². The molecule has 0 radical (unpaired) electrons. The monoisotopic (exact) mass is 302 g/mol. The molecule has 0 aliphatic heterocycles. The van der Waals surface area contributed by atoms with Gasteiger partial charge in [0.15, 0.2) is 6.61 Å². The van der Waals surface area contributed by atoms with Crippen LogP contribution in [0.4, 0.5) is 13.2 Å². The van der Waals surface area contributed by atoms with Gasteiger partial charge in [-0.2, -0.15) is 18.2 Å². The van der Waals surface area contributed by atoms with Crippen LogP contribution in [0.3, 0.4) is 0 Å². The summed E-state index contributed by atoms with van der Waals surface area (Å²) < 4.78 is 48.8. The highest BCUT2D eigenvalue weighted by molar-refractivity contribution is 5.39. The molecule has 0 unspecified atom stereocenters. The zero-order chi connectivity index (χ0) is 15.5. The fraction of sp³-hybridized carbons (Fsp3) is 0.385. The van der Waals surface area contributed by atoms with Crippen LogP contribution < -0.4 is 4.74 Å². The molecule has 0 spiro atoms. The molecule has 0 bridgehead atoms. The number of aromatic nitrogens is 2. The molecule has 1 aromatic heterocycles. The molecule has 0 saturated carbocycles. The van der Waals surface area contributed by atoms with Crippen molar-refractivity contribution < 1.29 is 27.5 Å². The molecule has 1 aromatic carbocycles. The normalized spacial score (nSPS) is 11.7. The van der Waals surface area contributed by atoms with Gasteiger partial charge in [-0.05, 0) is 17.7 Å². The van der Waals surface area contributed by atoms with Crippen LogP contribution in [-0.4, -0.2) is 15.2 Å². The van der Waals surface area contributed by atoms with Crippen molar-refractivity contribution in [1.29, 1.82) is 0 Å². The fourth-order valence-corrected chi connectivity index (χ4v) is 1.66. The molecule has 1 heterocycles. The predicted octanol–water partition coefficient (Wildman–Crippen LogP) is 2.72. The summed E-state index contributed by atoms with van der Waals surface area (Å²) in [5, 5.41) is 12.5. The third-order valence-corrected chi connectivity index (χ3v) is 2.70. The average molecular weight is 302 g/mol. The first-order valence-electron chi connectivity index (χ1n) is 6.19. The second-order valence-electron chi connectivity index (χ2n) is 4.23. The highest BCUT2D eigenvalue weighted by Crippen LogP contribution is 2.37. The van der Waals surface area contributed by atoms with Gasteiger partial charge in [-0.15, -0.1) is 0 Å². The summed E-state index contributed by atoms with van der Waals surface area (Å²) in [4.78, 5) is 3.95. The average Bonchev–Trinajstić information content (AvgIpc) is 2.92. The van der Waals surface area contributed by atoms with Gasteiger partial charge in [-0.3, -0.25) is 0 Å². The van der Waals surface area contributed by atoms with Gasteiger partial charge < -0.3 is 14.4 Å². The van der Waals surface area contributed by atoms with Gasteiger partial charge >= 0.3 is 6.18 Å². The Balaban J connectivity index is 2.19. The highest BCUT2D eigenvalue weighted by Gasteiger charge is 2.34. The van der Waals surface area contributed by atoms with E-state index in [1.807, 2.05) is 6.92 Å². The number of alkyl halides is 3. The summed E-state index contributed by atoms with van der Waals surface area (Å²) in [5.74, 6) is 0.217. The van der Waals surface area contributed by atoms with Crippen molar-refractivity contribution in [3.63, 3.8) is 0 Å². The Kier molecular flexibility index (Phi) is 4.46. The smallest absolute Gasteiger partial charge is 0.419 e. The minimum atomic E-state index is -4.58. The van der Waals surface area contributed by atoms with E-state index >= 15 is 0 Å². The quantitative estimate of drug-likeness (QED) is 0.919. The first-order chi connectivity index (χ1) is 9.94. The van der Waals surface area contributed by atoms with Crippen LogP contribution in [-0.2, 0) is 25.8 Å². The first kappa shape index (κ1) is 15.3. The molecule has 0 aliphatic rings. The van der Waals surface area contributed by atoms with E-state index in [0.29, 0.717) is 12.3 Å². The summed E-state index contributed by atoms with van der Waals surface area (Å²) in [6, 6.07) is 3.37. The van der Waals surface area contributed by atoms with E-state index in [9.17, 15) is 13.2 Å². The Morgan fingerprint density at radius 3 is 2.67 bits per heavy atom. The molecule has 0 amide bonds. The van der Waals surface area contributed by atoms with Gasteiger partial charge in [0.25, 0.3) is 0 Å². The van der Waals surface area contributed by atoms with E-state index in [0.717, 1.165) is 12.1 Å². The van der Waals surface area contributed by atoms with Crippen molar-refractivity contribution in [3.8, 4) is 5.75 Å². The maximum atomic E-state index is 12.9.